The summed E-state index contributed by atoms with van der Waals surface area (Å²) >= 11 is 0. The number of hydrogen-bond acceptors (Lipinski definition) is 8. The first-order valence-corrected chi connectivity index (χ1v) is 12.2. The summed E-state index contributed by atoms with van der Waals surface area (Å²) < 4.78 is 36.6. The predicted molar refractivity (Wildman–Crippen MR) is 122 cm³/mol. The molecular weight excluding hydrogens is 467 g/mol. The Labute approximate surface area is 197 Å². The van der Waals surface area contributed by atoms with Gasteiger partial charge in [0.15, 0.2) is 23.0 Å². The van der Waals surface area contributed by atoms with Crippen LogP contribution >= 0.6 is 7.82 Å². The van der Waals surface area contributed by atoms with Crippen LogP contribution in [0.5, 0.6) is 28.7 Å². The van der Waals surface area contributed by atoms with Crippen LogP contribution in [-0.2, 0) is 9.24 Å². The lowest BCUT2D eigenvalue weighted by Gasteiger charge is -2.31. The van der Waals surface area contributed by atoms with E-state index in [-0.39, 0.29) is 29.1 Å². The van der Waals surface area contributed by atoms with Crippen LogP contribution in [0.25, 0.3) is 0 Å². The summed E-state index contributed by atoms with van der Waals surface area (Å²) in [6.45, 7) is 0. The summed E-state index contributed by atoms with van der Waals surface area (Å²) in [6, 6.07) is 8.30. The molecule has 2 unspecified atom stereocenters. The molecule has 0 aromatic heterocycles. The van der Waals surface area contributed by atoms with Gasteiger partial charge in [-0.25, -0.2) is 4.57 Å². The monoisotopic (exact) mass is 496 g/mol. The molecule has 0 aliphatic heterocycles. The van der Waals surface area contributed by atoms with Gasteiger partial charge in [-0.3, -0.25) is 4.79 Å². The van der Waals surface area contributed by atoms with Crippen molar-refractivity contribution in [3.63, 3.8) is 0 Å². The van der Waals surface area contributed by atoms with Crippen LogP contribution in [0, 0.1) is 5.92 Å². The minimum Gasteiger partial charge on any atom is -0.493 e. The fraction of sp³-hybridized carbons (Fsp3) is 0.435. The maximum atomic E-state index is 13.6. The maximum absolute atomic E-state index is 13.6. The number of phosphoric acid groups is 1. The van der Waals surface area contributed by atoms with Crippen LogP contribution in [-0.4, -0.2) is 44.0 Å². The summed E-state index contributed by atoms with van der Waals surface area (Å²) in [5.74, 6) is 0.898. The second kappa shape index (κ2) is 11.1. The molecule has 2 atom stereocenters. The van der Waals surface area contributed by atoms with E-state index in [2.05, 4.69) is 4.67 Å². The quantitative estimate of drug-likeness (QED) is 0.213. The zero-order chi connectivity index (χ0) is 24.9. The van der Waals surface area contributed by atoms with Gasteiger partial charge in [-0.05, 0) is 48.6 Å². The fourth-order valence-corrected chi connectivity index (χ4v) is 4.54. The van der Waals surface area contributed by atoms with Gasteiger partial charge in [0.1, 0.15) is 0 Å². The number of Topliss-reactive ketones (excluding diaryl/α,β-unsaturated/α-hetero) is 1. The van der Waals surface area contributed by atoms with Gasteiger partial charge in [-0.1, -0.05) is 23.6 Å². The first-order valence-electron chi connectivity index (χ1n) is 10.7. The molecule has 1 aliphatic carbocycles. The molecule has 1 saturated carbocycles. The third kappa shape index (κ3) is 5.82. The van der Waals surface area contributed by atoms with Crippen LogP contribution in [0.3, 0.4) is 0 Å². The SMILES string of the molecule is COc1ccc(C2CCCCC2C(=O)c2cc(OC)c(OC)c(OC)c2)cc1OOP(=O)(O)O. The molecule has 0 spiro atoms. The molecule has 3 rings (SSSR count). The Bertz CT molecular complexity index is 1040. The van der Waals surface area contributed by atoms with E-state index in [1.807, 2.05) is 6.07 Å². The van der Waals surface area contributed by atoms with Gasteiger partial charge < -0.3 is 33.6 Å². The third-order valence-electron chi connectivity index (χ3n) is 5.89. The highest BCUT2D eigenvalue weighted by molar-refractivity contribution is 7.46. The Morgan fingerprint density at radius 1 is 0.853 bits per heavy atom. The minimum atomic E-state index is -4.87. The zero-order valence-corrected chi connectivity index (χ0v) is 20.4. The maximum Gasteiger partial charge on any atom is 0.505 e. The highest BCUT2D eigenvalue weighted by atomic mass is 31.2. The number of benzene rings is 2. The lowest BCUT2D eigenvalue weighted by atomic mass is 9.72. The largest absolute Gasteiger partial charge is 0.505 e. The molecule has 34 heavy (non-hydrogen) atoms. The van der Waals surface area contributed by atoms with Crippen molar-refractivity contribution in [2.75, 3.05) is 28.4 Å². The topological polar surface area (TPSA) is 130 Å². The predicted octanol–water partition coefficient (Wildman–Crippen LogP) is 4.28. The Morgan fingerprint density at radius 2 is 1.47 bits per heavy atom. The summed E-state index contributed by atoms with van der Waals surface area (Å²) in [5.41, 5.74) is 1.22. The summed E-state index contributed by atoms with van der Waals surface area (Å²) in [4.78, 5) is 36.5. The smallest absolute Gasteiger partial charge is 0.493 e. The average Bonchev–Trinajstić information content (AvgIpc) is 2.85. The molecule has 0 amide bonds. The van der Waals surface area contributed by atoms with Crippen molar-refractivity contribution in [2.45, 2.75) is 31.6 Å². The van der Waals surface area contributed by atoms with Gasteiger partial charge in [-0.2, -0.15) is 0 Å². The summed E-state index contributed by atoms with van der Waals surface area (Å²) in [6.07, 6.45) is 3.27. The molecule has 1 fully saturated rings. The summed E-state index contributed by atoms with van der Waals surface area (Å²) in [7, 11) is 1.02. The first kappa shape index (κ1) is 25.8. The Morgan fingerprint density at radius 3 is 2.03 bits per heavy atom. The van der Waals surface area contributed by atoms with Crippen LogP contribution in [0.1, 0.15) is 47.5 Å². The van der Waals surface area contributed by atoms with Gasteiger partial charge in [0.2, 0.25) is 11.5 Å². The van der Waals surface area contributed by atoms with E-state index >= 15 is 0 Å². The van der Waals surface area contributed by atoms with Crippen LogP contribution in [0.2, 0.25) is 0 Å². The van der Waals surface area contributed by atoms with Gasteiger partial charge in [-0.15, -0.1) is 0 Å². The van der Waals surface area contributed by atoms with E-state index in [4.69, 9.17) is 33.6 Å². The third-order valence-corrected chi connectivity index (χ3v) is 6.16. The van der Waals surface area contributed by atoms with Crippen molar-refractivity contribution in [3.8, 4) is 28.7 Å². The van der Waals surface area contributed by atoms with Crippen LogP contribution < -0.4 is 23.8 Å². The number of ketones is 1. The Balaban J connectivity index is 1.96. The van der Waals surface area contributed by atoms with E-state index in [1.54, 1.807) is 24.3 Å². The molecule has 10 nitrogen and oxygen atoms in total. The lowest BCUT2D eigenvalue weighted by molar-refractivity contribution is -0.124. The molecule has 2 N–H and O–H groups in total. The molecule has 2 aromatic carbocycles. The van der Waals surface area contributed by atoms with Crippen molar-refractivity contribution in [1.82, 2.24) is 0 Å². The second-order valence-corrected chi connectivity index (χ2v) is 8.96. The van der Waals surface area contributed by atoms with Gasteiger partial charge in [0.25, 0.3) is 0 Å². The molecule has 0 radical (unpaired) electrons. The molecule has 2 aromatic rings. The van der Waals surface area contributed by atoms with E-state index < -0.39 is 7.82 Å². The van der Waals surface area contributed by atoms with Crippen molar-refractivity contribution < 1.29 is 47.7 Å². The average molecular weight is 496 g/mol. The van der Waals surface area contributed by atoms with Crippen LogP contribution in [0.15, 0.2) is 30.3 Å². The van der Waals surface area contributed by atoms with Crippen molar-refractivity contribution in [3.05, 3.63) is 41.5 Å². The molecule has 186 valence electrons. The molecule has 0 saturated heterocycles. The standard InChI is InChI=1S/C23H29O10P/c1-28-18-10-9-14(11-19(18)32-33-34(25,26)27)16-7-5-6-8-17(16)22(24)15-12-20(29-2)23(31-4)21(13-15)30-3/h9-13,16-17H,5-8H2,1-4H3,(H2,25,26,27). The number of ether oxygens (including phenoxy) is 4. The van der Waals surface area contributed by atoms with E-state index in [1.165, 1.54) is 28.4 Å². The number of hydrogen-bond donors (Lipinski definition) is 2. The number of carbonyl (C=O) groups excluding carboxylic acids is 1. The molecule has 11 heteroatoms. The molecular formula is C23H29O10P. The normalized spacial score (nSPS) is 18.2. The van der Waals surface area contributed by atoms with Crippen molar-refractivity contribution in [1.29, 1.82) is 0 Å². The van der Waals surface area contributed by atoms with Gasteiger partial charge in [0.05, 0.1) is 28.4 Å². The fourth-order valence-electron chi connectivity index (χ4n) is 4.36. The number of methoxy groups -OCH3 is 4. The van der Waals surface area contributed by atoms with Gasteiger partial charge in [0, 0.05) is 11.5 Å². The summed E-state index contributed by atoms with van der Waals surface area (Å²) in [5, 5.41) is 0. The van der Waals surface area contributed by atoms with E-state index in [9.17, 15) is 9.36 Å². The highest BCUT2D eigenvalue weighted by Gasteiger charge is 2.34. The minimum absolute atomic E-state index is 0.00730. The zero-order valence-electron chi connectivity index (χ0n) is 19.5. The van der Waals surface area contributed by atoms with E-state index in [0.29, 0.717) is 29.2 Å². The van der Waals surface area contributed by atoms with E-state index in [0.717, 1.165) is 24.8 Å². The first-order chi connectivity index (χ1) is 16.2. The molecule has 0 heterocycles. The highest BCUT2D eigenvalue weighted by Crippen LogP contribution is 2.45. The van der Waals surface area contributed by atoms with Crippen molar-refractivity contribution >= 4 is 13.6 Å². The Hall–Kier alpha value is -2.78. The number of rotatable bonds is 10. The van der Waals surface area contributed by atoms with Crippen LogP contribution in [0.4, 0.5) is 0 Å². The van der Waals surface area contributed by atoms with Crippen molar-refractivity contribution in [2.24, 2.45) is 5.92 Å². The Kier molecular flexibility index (Phi) is 8.43. The lowest BCUT2D eigenvalue weighted by Crippen LogP contribution is -2.26. The second-order valence-electron chi connectivity index (χ2n) is 7.83. The number of carbonyl (C=O) groups is 1. The molecule has 0 bridgehead atoms. The molecule has 1 aliphatic rings. The van der Waals surface area contributed by atoms with Gasteiger partial charge >= 0.3 is 7.82 Å².